The Bertz CT molecular complexity index is 978. The SMILES string of the molecule is C=C1[C@@H](OC(C)=O)CC[C@@]2(C)C[C@H](O)C3=C(C)C[C@H](OC(=O)[C@H](C)[C@H](C)O)[C@H]([C@@H](OC(C)=O)[C@H]12)C3(C)C. The molecule has 208 valence electrons. The minimum absolute atomic E-state index is 0.375. The van der Waals surface area contributed by atoms with Crippen LogP contribution in [0.5, 0.6) is 0 Å². The molecule has 0 saturated heterocycles. The van der Waals surface area contributed by atoms with E-state index in [4.69, 9.17) is 14.2 Å². The number of rotatable bonds is 5. The molecule has 0 amide bonds. The maximum Gasteiger partial charge on any atom is 0.311 e. The van der Waals surface area contributed by atoms with Gasteiger partial charge in [-0.2, -0.15) is 0 Å². The lowest BCUT2D eigenvalue weighted by molar-refractivity contribution is -0.187. The zero-order valence-corrected chi connectivity index (χ0v) is 23.5. The molecule has 8 heteroatoms. The van der Waals surface area contributed by atoms with Gasteiger partial charge in [0.15, 0.2) is 0 Å². The Hall–Kier alpha value is -2.19. The van der Waals surface area contributed by atoms with Gasteiger partial charge in [0.1, 0.15) is 18.3 Å². The second-order valence-corrected chi connectivity index (χ2v) is 12.3. The molecule has 0 unspecified atom stereocenters. The van der Waals surface area contributed by atoms with Crippen LogP contribution in [0.25, 0.3) is 0 Å². The first kappa shape index (κ1) is 29.4. The lowest BCUT2D eigenvalue weighted by Gasteiger charge is -2.58. The van der Waals surface area contributed by atoms with E-state index in [1.165, 1.54) is 13.8 Å². The predicted octanol–water partition coefficient (Wildman–Crippen LogP) is 3.88. The van der Waals surface area contributed by atoms with E-state index in [9.17, 15) is 24.6 Å². The van der Waals surface area contributed by atoms with Crippen LogP contribution in [-0.4, -0.2) is 58.6 Å². The maximum absolute atomic E-state index is 13.0. The highest BCUT2D eigenvalue weighted by molar-refractivity contribution is 5.73. The zero-order chi connectivity index (χ0) is 28.0. The molecule has 0 aromatic heterocycles. The van der Waals surface area contributed by atoms with Crippen molar-refractivity contribution in [1.82, 2.24) is 0 Å². The van der Waals surface area contributed by atoms with Gasteiger partial charge in [-0.15, -0.1) is 0 Å². The molecule has 0 aliphatic heterocycles. The third-order valence-electron chi connectivity index (χ3n) is 9.09. The summed E-state index contributed by atoms with van der Waals surface area (Å²) in [4.78, 5) is 37.4. The number of aliphatic hydroxyl groups is 2. The van der Waals surface area contributed by atoms with Crippen molar-refractivity contribution in [1.29, 1.82) is 0 Å². The third kappa shape index (κ3) is 5.51. The Balaban J connectivity index is 2.20. The van der Waals surface area contributed by atoms with Crippen LogP contribution in [0.3, 0.4) is 0 Å². The Morgan fingerprint density at radius 1 is 1.05 bits per heavy atom. The molecule has 3 aliphatic carbocycles. The number of hydrogen-bond donors (Lipinski definition) is 2. The molecule has 0 aromatic carbocycles. The summed E-state index contributed by atoms with van der Waals surface area (Å²) in [5.74, 6) is -3.09. The summed E-state index contributed by atoms with van der Waals surface area (Å²) in [6, 6.07) is 0. The largest absolute Gasteiger partial charge is 0.461 e. The molecule has 2 fully saturated rings. The van der Waals surface area contributed by atoms with Crippen LogP contribution in [0.15, 0.2) is 23.3 Å². The molecule has 2 saturated carbocycles. The van der Waals surface area contributed by atoms with E-state index in [0.717, 1.165) is 11.1 Å². The maximum atomic E-state index is 13.0. The van der Waals surface area contributed by atoms with Crippen molar-refractivity contribution in [3.63, 3.8) is 0 Å². The molecule has 0 aromatic rings. The number of ether oxygens (including phenoxy) is 3. The van der Waals surface area contributed by atoms with Gasteiger partial charge in [-0.3, -0.25) is 14.4 Å². The highest BCUT2D eigenvalue weighted by Crippen LogP contribution is 2.60. The van der Waals surface area contributed by atoms with E-state index in [0.29, 0.717) is 31.3 Å². The fourth-order valence-electron chi connectivity index (χ4n) is 7.34. The van der Waals surface area contributed by atoms with Crippen molar-refractivity contribution in [2.75, 3.05) is 0 Å². The Labute approximate surface area is 220 Å². The molecule has 3 aliphatic rings. The molecule has 0 heterocycles. The standard InChI is InChI=1S/C29H44O8/c1-14-12-22(37-27(34)15(2)17(4)30)25-26(36-19(6)32)24-16(3)21(35-18(5)31)10-11-29(24,9)13-20(33)23(14)28(25,7)8/h15,17,20-22,24-26,30,33H,3,10-13H2,1-2,4-9H3/t15-,17+,20+,21+,22+,24+,25-,26+,29+/m1/s1. The van der Waals surface area contributed by atoms with E-state index in [2.05, 4.69) is 13.5 Å². The minimum atomic E-state index is -0.884. The van der Waals surface area contributed by atoms with Gasteiger partial charge in [0.25, 0.3) is 0 Å². The van der Waals surface area contributed by atoms with Crippen LogP contribution in [-0.2, 0) is 28.6 Å². The van der Waals surface area contributed by atoms with Crippen LogP contribution >= 0.6 is 0 Å². The first-order valence-electron chi connectivity index (χ1n) is 13.3. The van der Waals surface area contributed by atoms with Gasteiger partial charge >= 0.3 is 17.9 Å². The quantitative estimate of drug-likeness (QED) is 0.318. The summed E-state index contributed by atoms with van der Waals surface area (Å²) in [5.41, 5.74) is 1.28. The topological polar surface area (TPSA) is 119 Å². The molecular formula is C29H44O8. The van der Waals surface area contributed by atoms with Crippen molar-refractivity contribution in [2.45, 2.75) is 112 Å². The summed E-state index contributed by atoms with van der Waals surface area (Å²) in [5, 5.41) is 21.6. The van der Waals surface area contributed by atoms with Crippen LogP contribution < -0.4 is 0 Å². The van der Waals surface area contributed by atoms with Crippen LogP contribution in [0.1, 0.15) is 81.1 Å². The number of aliphatic hydroxyl groups excluding tert-OH is 2. The van der Waals surface area contributed by atoms with E-state index in [-0.39, 0.29) is 0 Å². The molecule has 2 N–H and O–H groups in total. The molecule has 3 rings (SSSR count). The summed E-state index contributed by atoms with van der Waals surface area (Å²) in [7, 11) is 0. The fourth-order valence-corrected chi connectivity index (χ4v) is 7.34. The van der Waals surface area contributed by atoms with Gasteiger partial charge in [0, 0.05) is 32.1 Å². The van der Waals surface area contributed by atoms with E-state index in [1.54, 1.807) is 13.8 Å². The fraction of sp³-hybridized carbons (Fsp3) is 0.759. The minimum Gasteiger partial charge on any atom is -0.461 e. The van der Waals surface area contributed by atoms with E-state index < -0.39 is 77.0 Å². The smallest absolute Gasteiger partial charge is 0.311 e. The lowest BCUT2D eigenvalue weighted by atomic mass is 9.50. The summed E-state index contributed by atoms with van der Waals surface area (Å²) in [6.45, 7) is 18.2. The number of carbonyl (C=O) groups excluding carboxylic acids is 3. The normalized spacial score (nSPS) is 36.9. The summed E-state index contributed by atoms with van der Waals surface area (Å²) >= 11 is 0. The van der Waals surface area contributed by atoms with E-state index >= 15 is 0 Å². The highest BCUT2D eigenvalue weighted by atomic mass is 16.6. The Morgan fingerprint density at radius 3 is 2.19 bits per heavy atom. The van der Waals surface area contributed by atoms with Gasteiger partial charge in [-0.25, -0.2) is 0 Å². The second-order valence-electron chi connectivity index (χ2n) is 12.3. The van der Waals surface area contributed by atoms with Crippen molar-refractivity contribution in [2.24, 2.45) is 28.6 Å². The summed E-state index contributed by atoms with van der Waals surface area (Å²) < 4.78 is 17.8. The van der Waals surface area contributed by atoms with Gasteiger partial charge in [0.2, 0.25) is 0 Å². The molecule has 0 radical (unpaired) electrons. The van der Waals surface area contributed by atoms with Gasteiger partial charge in [-0.05, 0) is 62.0 Å². The monoisotopic (exact) mass is 520 g/mol. The third-order valence-corrected chi connectivity index (χ3v) is 9.09. The van der Waals surface area contributed by atoms with Crippen molar-refractivity contribution >= 4 is 17.9 Å². The average Bonchev–Trinajstić information content (AvgIpc) is 2.72. The van der Waals surface area contributed by atoms with Gasteiger partial charge in [-0.1, -0.05) is 32.9 Å². The van der Waals surface area contributed by atoms with Crippen LogP contribution in [0.2, 0.25) is 0 Å². The first-order valence-corrected chi connectivity index (χ1v) is 13.3. The average molecular weight is 521 g/mol. The molecule has 0 spiro atoms. The van der Waals surface area contributed by atoms with E-state index in [1.807, 2.05) is 20.8 Å². The Morgan fingerprint density at radius 2 is 1.65 bits per heavy atom. The number of fused-ring (bicyclic) bond motifs is 3. The van der Waals surface area contributed by atoms with Gasteiger partial charge < -0.3 is 24.4 Å². The predicted molar refractivity (Wildman–Crippen MR) is 137 cm³/mol. The number of esters is 3. The first-order chi connectivity index (χ1) is 17.0. The Kier molecular flexibility index (Phi) is 8.35. The molecule has 8 nitrogen and oxygen atoms in total. The zero-order valence-electron chi connectivity index (χ0n) is 23.5. The number of hydrogen-bond acceptors (Lipinski definition) is 8. The van der Waals surface area contributed by atoms with Crippen molar-refractivity contribution in [3.8, 4) is 0 Å². The molecular weight excluding hydrogens is 476 g/mol. The molecule has 9 atom stereocenters. The van der Waals surface area contributed by atoms with Crippen LogP contribution in [0, 0.1) is 28.6 Å². The van der Waals surface area contributed by atoms with Crippen LogP contribution in [0.4, 0.5) is 0 Å². The number of carbonyl (C=O) groups is 3. The highest BCUT2D eigenvalue weighted by Gasteiger charge is 2.60. The second kappa shape index (κ2) is 10.5. The molecule has 2 bridgehead atoms. The summed E-state index contributed by atoms with van der Waals surface area (Å²) in [6.07, 6.45) is -1.56. The molecule has 37 heavy (non-hydrogen) atoms. The van der Waals surface area contributed by atoms with Gasteiger partial charge in [0.05, 0.1) is 18.1 Å². The van der Waals surface area contributed by atoms with Crippen molar-refractivity contribution < 1.29 is 38.8 Å². The van der Waals surface area contributed by atoms with Crippen molar-refractivity contribution in [3.05, 3.63) is 23.3 Å². The lowest BCUT2D eigenvalue weighted by Crippen LogP contribution is -2.60.